The van der Waals surface area contributed by atoms with E-state index in [1.54, 1.807) is 0 Å². The summed E-state index contributed by atoms with van der Waals surface area (Å²) in [6, 6.07) is 0. The summed E-state index contributed by atoms with van der Waals surface area (Å²) in [6.45, 7) is 0. The Morgan fingerprint density at radius 2 is 1.89 bits per heavy atom. The summed E-state index contributed by atoms with van der Waals surface area (Å²) in [6.07, 6.45) is 0.361. The number of carbonyl (C=O) groups is 2. The van der Waals surface area contributed by atoms with Crippen molar-refractivity contribution in [2.45, 2.75) is 0 Å². The zero-order chi connectivity index (χ0) is 7.44. The van der Waals surface area contributed by atoms with Crippen LogP contribution in [0.1, 0.15) is 0 Å². The van der Waals surface area contributed by atoms with E-state index in [0.717, 1.165) is 0 Å². The van der Waals surface area contributed by atoms with Crippen LogP contribution in [0.2, 0.25) is 0 Å². The molecule has 0 N–H and O–H groups in total. The highest BCUT2D eigenvalue weighted by atomic mass is 79.9. The number of rotatable bonds is 2. The molecule has 0 amide bonds. The van der Waals surface area contributed by atoms with Gasteiger partial charge in [0.1, 0.15) is 0 Å². The summed E-state index contributed by atoms with van der Waals surface area (Å²) in [5.41, 5.74) is 0. The van der Waals surface area contributed by atoms with E-state index in [1.807, 2.05) is 0 Å². The van der Waals surface area contributed by atoms with Crippen molar-refractivity contribution in [3.05, 3.63) is 8.96 Å². The maximum Gasteiger partial charge on any atom is 0.158 e. The van der Waals surface area contributed by atoms with Gasteiger partial charge in [-0.3, -0.25) is 4.79 Å². The fourth-order valence-electron chi connectivity index (χ4n) is 0.149. The van der Waals surface area contributed by atoms with Gasteiger partial charge >= 0.3 is 0 Å². The predicted octanol–water partition coefficient (Wildman–Crippen LogP) is -0.0634. The second-order valence-corrected chi connectivity index (χ2v) is 2.71. The van der Waals surface area contributed by atoms with E-state index in [0.29, 0.717) is 6.29 Å². The number of carboxylic acid groups (broad SMARTS) is 1. The van der Waals surface area contributed by atoms with Crippen LogP contribution in [-0.4, -0.2) is 12.3 Å². The van der Waals surface area contributed by atoms with E-state index < -0.39 is 5.97 Å². The Kier molecular flexibility index (Phi) is 3.72. The van der Waals surface area contributed by atoms with Gasteiger partial charge in [-0.15, -0.1) is 0 Å². The monoisotopic (exact) mass is 255 g/mol. The lowest BCUT2D eigenvalue weighted by molar-refractivity contribution is -0.298. The van der Waals surface area contributed by atoms with E-state index in [-0.39, 0.29) is 8.96 Å². The van der Waals surface area contributed by atoms with Crippen molar-refractivity contribution in [3.8, 4) is 0 Å². The molecule has 9 heavy (non-hydrogen) atoms. The molecule has 0 saturated carbocycles. The summed E-state index contributed by atoms with van der Waals surface area (Å²) in [7, 11) is 0. The minimum Gasteiger partial charge on any atom is -0.544 e. The predicted molar refractivity (Wildman–Crippen MR) is 36.0 cm³/mol. The van der Waals surface area contributed by atoms with E-state index in [9.17, 15) is 14.7 Å². The van der Waals surface area contributed by atoms with Crippen molar-refractivity contribution < 1.29 is 14.7 Å². The largest absolute Gasteiger partial charge is 0.544 e. The Hall–Kier alpha value is -0.160. The quantitative estimate of drug-likeness (QED) is 0.514. The summed E-state index contributed by atoms with van der Waals surface area (Å²) in [5, 5.41) is 9.89. The number of hydrogen-bond donors (Lipinski definition) is 0. The highest BCUT2D eigenvalue weighted by Crippen LogP contribution is 2.14. The molecule has 50 valence electrons. The van der Waals surface area contributed by atoms with Crippen molar-refractivity contribution in [1.82, 2.24) is 0 Å². The molecule has 0 aromatic carbocycles. The van der Waals surface area contributed by atoms with Crippen LogP contribution in [0.5, 0.6) is 0 Å². The molecule has 0 spiro atoms. The number of allylic oxidation sites excluding steroid dienone is 1. The second kappa shape index (κ2) is 3.79. The van der Waals surface area contributed by atoms with Crippen molar-refractivity contribution in [2.24, 2.45) is 0 Å². The smallest absolute Gasteiger partial charge is 0.158 e. The zero-order valence-electron chi connectivity index (χ0n) is 4.06. The molecule has 0 radical (unpaired) electrons. The van der Waals surface area contributed by atoms with Crippen LogP contribution in [0.15, 0.2) is 8.96 Å². The van der Waals surface area contributed by atoms with Crippen LogP contribution in [0.3, 0.4) is 0 Å². The number of halogens is 2. The number of carboxylic acids is 1. The van der Waals surface area contributed by atoms with Gasteiger partial charge in [0.05, 0.1) is 14.9 Å². The fraction of sp³-hybridized carbons (Fsp3) is 0. The first-order chi connectivity index (χ1) is 4.09. The highest BCUT2D eigenvalue weighted by Gasteiger charge is 1.98. The molecule has 0 rings (SSSR count). The van der Waals surface area contributed by atoms with Crippen LogP contribution >= 0.6 is 31.9 Å². The third-order valence-electron chi connectivity index (χ3n) is 0.492. The highest BCUT2D eigenvalue weighted by molar-refractivity contribution is 9.14. The Balaban J connectivity index is 4.47. The summed E-state index contributed by atoms with van der Waals surface area (Å²) in [4.78, 5) is 19.7. The van der Waals surface area contributed by atoms with Crippen LogP contribution < -0.4 is 5.11 Å². The summed E-state index contributed by atoms with van der Waals surface area (Å²) in [5.74, 6) is -1.42. The summed E-state index contributed by atoms with van der Waals surface area (Å²) >= 11 is 5.29. The minimum absolute atomic E-state index is 0.0671. The third kappa shape index (κ3) is 2.76. The zero-order valence-corrected chi connectivity index (χ0v) is 7.23. The third-order valence-corrected chi connectivity index (χ3v) is 2.36. The van der Waals surface area contributed by atoms with E-state index in [2.05, 4.69) is 31.9 Å². The Labute approximate surface area is 68.0 Å². The van der Waals surface area contributed by atoms with Crippen LogP contribution in [0.25, 0.3) is 0 Å². The number of aliphatic carboxylic acids is 1. The van der Waals surface area contributed by atoms with Gasteiger partial charge in [0.2, 0.25) is 0 Å². The standard InChI is InChI=1S/C4H2Br2O3/c5-2(1-7)3(6)4(8)9/h1H,(H,8,9)/p-1/b3-2+. The number of aldehydes is 1. The van der Waals surface area contributed by atoms with Crippen molar-refractivity contribution in [3.63, 3.8) is 0 Å². The molecule has 0 aliphatic rings. The first-order valence-electron chi connectivity index (χ1n) is 1.81. The Morgan fingerprint density at radius 3 is 2.00 bits per heavy atom. The molecule has 0 aromatic heterocycles. The SMILES string of the molecule is O=C/C(Br)=C(\Br)C(=O)[O-]. The molecule has 5 heteroatoms. The Morgan fingerprint density at radius 1 is 1.44 bits per heavy atom. The maximum absolute atomic E-state index is 9.89. The van der Waals surface area contributed by atoms with Gasteiger partial charge in [0, 0.05) is 0 Å². The molecule has 0 bridgehead atoms. The van der Waals surface area contributed by atoms with Gasteiger partial charge in [-0.1, -0.05) is 0 Å². The lowest BCUT2D eigenvalue weighted by atomic mass is 10.5. The molecule has 0 aromatic rings. The normalized spacial score (nSPS) is 12.2. The molecular formula is C4HBr2O3-. The lowest BCUT2D eigenvalue weighted by Gasteiger charge is -1.97. The van der Waals surface area contributed by atoms with Crippen molar-refractivity contribution in [1.29, 1.82) is 0 Å². The van der Waals surface area contributed by atoms with Gasteiger partial charge in [0.25, 0.3) is 0 Å². The molecule has 0 aliphatic carbocycles. The van der Waals surface area contributed by atoms with Crippen LogP contribution in [0, 0.1) is 0 Å². The lowest BCUT2D eigenvalue weighted by Crippen LogP contribution is -2.22. The van der Waals surface area contributed by atoms with Crippen molar-refractivity contribution >= 4 is 44.1 Å². The van der Waals surface area contributed by atoms with Crippen molar-refractivity contribution in [2.75, 3.05) is 0 Å². The first kappa shape index (κ1) is 8.84. The minimum atomic E-state index is -1.42. The average Bonchev–Trinajstić information content (AvgIpc) is 1.84. The maximum atomic E-state index is 9.89. The van der Waals surface area contributed by atoms with Gasteiger partial charge in [-0.05, 0) is 31.9 Å². The Bertz CT molecular complexity index is 173. The van der Waals surface area contributed by atoms with Gasteiger partial charge in [-0.2, -0.15) is 0 Å². The van der Waals surface area contributed by atoms with E-state index in [4.69, 9.17) is 0 Å². The number of hydrogen-bond acceptors (Lipinski definition) is 3. The molecule has 0 heterocycles. The topological polar surface area (TPSA) is 57.2 Å². The van der Waals surface area contributed by atoms with Gasteiger partial charge in [0.15, 0.2) is 6.29 Å². The summed E-state index contributed by atoms with van der Waals surface area (Å²) < 4.78 is -0.347. The molecule has 0 aliphatic heterocycles. The fourth-order valence-corrected chi connectivity index (χ4v) is 0.405. The average molecular weight is 257 g/mol. The molecule has 3 nitrogen and oxygen atoms in total. The van der Waals surface area contributed by atoms with Crippen LogP contribution in [-0.2, 0) is 9.59 Å². The number of carbonyl (C=O) groups excluding carboxylic acids is 2. The van der Waals surface area contributed by atoms with E-state index in [1.165, 1.54) is 0 Å². The first-order valence-corrected chi connectivity index (χ1v) is 3.40. The van der Waals surface area contributed by atoms with Crippen LogP contribution in [0.4, 0.5) is 0 Å². The van der Waals surface area contributed by atoms with E-state index >= 15 is 0 Å². The molecular weight excluding hydrogens is 256 g/mol. The molecule has 0 atom stereocenters. The van der Waals surface area contributed by atoms with Gasteiger partial charge < -0.3 is 9.90 Å². The second-order valence-electron chi connectivity index (χ2n) is 1.07. The molecule has 0 unspecified atom stereocenters. The molecule has 0 fully saturated rings. The molecule has 0 saturated heterocycles. The van der Waals surface area contributed by atoms with Gasteiger partial charge in [-0.25, -0.2) is 0 Å².